The van der Waals surface area contributed by atoms with Crippen LogP contribution in [0.25, 0.3) is 0 Å². The van der Waals surface area contributed by atoms with E-state index in [0.29, 0.717) is 12.1 Å². The average Bonchev–Trinajstić information content (AvgIpc) is 2.55. The van der Waals surface area contributed by atoms with E-state index in [2.05, 4.69) is 66.8 Å². The summed E-state index contributed by atoms with van der Waals surface area (Å²) >= 11 is 0. The maximum Gasteiger partial charge on any atom is 0.118 e. The highest BCUT2D eigenvalue weighted by Gasteiger charge is 2.47. The van der Waals surface area contributed by atoms with Gasteiger partial charge in [-0.1, -0.05) is 67.6 Å². The molecule has 3 rings (SSSR count). The molecule has 0 radical (unpaired) electrons. The number of piperidine rings is 1. The molecular weight excluding hydrogens is 270 g/mol. The minimum atomic E-state index is -0.634. The third kappa shape index (κ3) is 2.94. The molecule has 0 unspecified atom stereocenters. The molecule has 1 heterocycles. The molecule has 0 aromatic heterocycles. The highest BCUT2D eigenvalue weighted by molar-refractivity contribution is 5.22. The van der Waals surface area contributed by atoms with Crippen molar-refractivity contribution in [1.29, 1.82) is 0 Å². The first-order valence-corrected chi connectivity index (χ1v) is 8.29. The van der Waals surface area contributed by atoms with Gasteiger partial charge in [-0.25, -0.2) is 0 Å². The van der Waals surface area contributed by atoms with Crippen molar-refractivity contribution in [2.75, 3.05) is 0 Å². The summed E-state index contributed by atoms with van der Waals surface area (Å²) < 4.78 is 0. The zero-order valence-corrected chi connectivity index (χ0v) is 13.4. The minimum absolute atomic E-state index is 0.273. The molecule has 22 heavy (non-hydrogen) atoms. The van der Waals surface area contributed by atoms with E-state index in [0.717, 1.165) is 12.8 Å². The van der Waals surface area contributed by atoms with Crippen molar-refractivity contribution < 1.29 is 10.4 Å². The van der Waals surface area contributed by atoms with Crippen LogP contribution in [0.4, 0.5) is 0 Å². The van der Waals surface area contributed by atoms with E-state index in [4.69, 9.17) is 0 Å². The van der Waals surface area contributed by atoms with Crippen LogP contribution in [0.5, 0.6) is 0 Å². The second-order valence-electron chi connectivity index (χ2n) is 6.72. The summed E-state index contributed by atoms with van der Waals surface area (Å²) in [6.45, 7) is 4.20. The van der Waals surface area contributed by atoms with Crippen LogP contribution in [0.1, 0.15) is 49.9 Å². The molecule has 0 aliphatic carbocycles. The lowest BCUT2D eigenvalue weighted by molar-refractivity contribution is -0.756. The van der Waals surface area contributed by atoms with E-state index in [-0.39, 0.29) is 5.92 Å². The molecule has 1 fully saturated rings. The molecule has 2 aromatic rings. The van der Waals surface area contributed by atoms with E-state index < -0.39 is 5.60 Å². The molecule has 0 spiro atoms. The van der Waals surface area contributed by atoms with Gasteiger partial charge in [-0.05, 0) is 13.3 Å². The van der Waals surface area contributed by atoms with Gasteiger partial charge in [-0.3, -0.25) is 0 Å². The Balaban J connectivity index is 1.95. The van der Waals surface area contributed by atoms with Crippen LogP contribution in [0.2, 0.25) is 0 Å². The van der Waals surface area contributed by atoms with Crippen LogP contribution >= 0.6 is 0 Å². The lowest BCUT2D eigenvalue weighted by Gasteiger charge is -2.44. The number of rotatable bonds is 3. The van der Waals surface area contributed by atoms with Gasteiger partial charge in [-0.2, -0.15) is 0 Å². The maximum absolute atomic E-state index is 11.1. The fraction of sp³-hybridized carbons (Fsp3) is 0.400. The number of hydrogen-bond acceptors (Lipinski definition) is 1. The van der Waals surface area contributed by atoms with Gasteiger partial charge in [0.1, 0.15) is 12.1 Å². The highest BCUT2D eigenvalue weighted by Crippen LogP contribution is 2.40. The summed E-state index contributed by atoms with van der Waals surface area (Å²) in [5, 5.41) is 13.5. The van der Waals surface area contributed by atoms with Crippen molar-refractivity contribution in [2.24, 2.45) is 5.92 Å². The van der Waals surface area contributed by atoms with Gasteiger partial charge in [0.05, 0.1) is 5.60 Å². The van der Waals surface area contributed by atoms with Crippen LogP contribution in [0.3, 0.4) is 0 Å². The van der Waals surface area contributed by atoms with Crippen molar-refractivity contribution in [2.45, 2.75) is 44.4 Å². The van der Waals surface area contributed by atoms with Gasteiger partial charge in [0.25, 0.3) is 0 Å². The Morgan fingerprint density at radius 1 is 1.00 bits per heavy atom. The number of nitrogens with two attached hydrogens (primary N) is 1. The monoisotopic (exact) mass is 296 g/mol. The van der Waals surface area contributed by atoms with E-state index in [1.54, 1.807) is 0 Å². The van der Waals surface area contributed by atoms with Gasteiger partial charge in [0.15, 0.2) is 0 Å². The van der Waals surface area contributed by atoms with Crippen LogP contribution in [-0.4, -0.2) is 10.7 Å². The molecular formula is C20H26NO+. The van der Waals surface area contributed by atoms with Gasteiger partial charge in [-0.15, -0.1) is 0 Å². The Morgan fingerprint density at radius 2 is 1.55 bits per heavy atom. The van der Waals surface area contributed by atoms with Crippen molar-refractivity contribution in [3.05, 3.63) is 71.8 Å². The Morgan fingerprint density at radius 3 is 2.09 bits per heavy atom. The number of hydrogen-bond donors (Lipinski definition) is 2. The van der Waals surface area contributed by atoms with Crippen molar-refractivity contribution >= 4 is 0 Å². The molecule has 3 N–H and O–H groups in total. The standard InChI is InChI=1S/C20H25NO/c1-3-17-19(16-12-8-5-9-13-16)21-18(14-20(17,2)22)15-10-6-4-7-11-15/h4-13,17-19,21-22H,3,14H2,1-2H3/p+1/t17-,18+,19+,20-/m1/s1. The molecule has 116 valence electrons. The van der Waals surface area contributed by atoms with E-state index >= 15 is 0 Å². The van der Waals surface area contributed by atoms with Gasteiger partial charge < -0.3 is 10.4 Å². The average molecular weight is 296 g/mol. The smallest absolute Gasteiger partial charge is 0.118 e. The fourth-order valence-electron chi connectivity index (χ4n) is 4.08. The first kappa shape index (κ1) is 15.3. The topological polar surface area (TPSA) is 36.8 Å². The number of aliphatic hydroxyl groups is 1. The second-order valence-corrected chi connectivity index (χ2v) is 6.72. The Labute approximate surface area is 133 Å². The predicted octanol–water partition coefficient (Wildman–Crippen LogP) is 3.21. The molecule has 2 heteroatoms. The third-order valence-electron chi connectivity index (χ3n) is 5.16. The lowest BCUT2D eigenvalue weighted by atomic mass is 9.71. The quantitative estimate of drug-likeness (QED) is 0.896. The van der Waals surface area contributed by atoms with Crippen molar-refractivity contribution in [3.63, 3.8) is 0 Å². The number of benzene rings is 2. The van der Waals surface area contributed by atoms with Gasteiger partial charge in [0.2, 0.25) is 0 Å². The molecule has 1 aliphatic rings. The molecule has 1 aliphatic heterocycles. The summed E-state index contributed by atoms with van der Waals surface area (Å²) in [5.74, 6) is 0.273. The van der Waals surface area contributed by atoms with Gasteiger partial charge in [0, 0.05) is 23.5 Å². The molecule has 1 saturated heterocycles. The lowest BCUT2D eigenvalue weighted by Crippen LogP contribution is -2.91. The summed E-state index contributed by atoms with van der Waals surface area (Å²) in [6, 6.07) is 21.8. The molecule has 2 aromatic carbocycles. The van der Waals surface area contributed by atoms with Crippen LogP contribution in [-0.2, 0) is 0 Å². The Hall–Kier alpha value is -1.64. The highest BCUT2D eigenvalue weighted by atomic mass is 16.3. The largest absolute Gasteiger partial charge is 0.389 e. The normalized spacial score (nSPS) is 31.9. The second kappa shape index (κ2) is 6.23. The minimum Gasteiger partial charge on any atom is -0.389 e. The van der Waals surface area contributed by atoms with Crippen molar-refractivity contribution in [3.8, 4) is 0 Å². The zero-order chi connectivity index (χ0) is 15.6. The van der Waals surface area contributed by atoms with Crippen LogP contribution in [0.15, 0.2) is 60.7 Å². The van der Waals surface area contributed by atoms with E-state index in [9.17, 15) is 5.11 Å². The first-order chi connectivity index (χ1) is 10.6. The molecule has 0 amide bonds. The maximum atomic E-state index is 11.1. The summed E-state index contributed by atoms with van der Waals surface area (Å²) in [5.41, 5.74) is 1.98. The van der Waals surface area contributed by atoms with Crippen LogP contribution in [0, 0.1) is 5.92 Å². The Kier molecular flexibility index (Phi) is 4.32. The SMILES string of the molecule is CC[C@@H]1[C@H](c2ccccc2)[NH2+][C@H](c2ccccc2)C[C@@]1(C)O. The van der Waals surface area contributed by atoms with E-state index in [1.165, 1.54) is 11.1 Å². The number of quaternary nitrogens is 1. The molecule has 4 atom stereocenters. The summed E-state index contributed by atoms with van der Waals surface area (Å²) in [6.07, 6.45) is 1.80. The third-order valence-corrected chi connectivity index (χ3v) is 5.16. The zero-order valence-electron chi connectivity index (χ0n) is 13.4. The Bertz CT molecular complexity index is 594. The van der Waals surface area contributed by atoms with Gasteiger partial charge >= 0.3 is 0 Å². The molecule has 2 nitrogen and oxygen atoms in total. The van der Waals surface area contributed by atoms with Crippen LogP contribution < -0.4 is 5.32 Å². The summed E-state index contributed by atoms with van der Waals surface area (Å²) in [7, 11) is 0. The predicted molar refractivity (Wildman–Crippen MR) is 89.3 cm³/mol. The molecule has 0 saturated carbocycles. The first-order valence-electron chi connectivity index (χ1n) is 8.29. The van der Waals surface area contributed by atoms with E-state index in [1.807, 2.05) is 13.0 Å². The molecule has 0 bridgehead atoms. The summed E-state index contributed by atoms with van der Waals surface area (Å²) in [4.78, 5) is 0. The fourth-order valence-corrected chi connectivity index (χ4v) is 4.08. The van der Waals surface area contributed by atoms with Crippen molar-refractivity contribution in [1.82, 2.24) is 0 Å².